The maximum Gasteiger partial charge on any atom is 0.231 e. The van der Waals surface area contributed by atoms with Crippen LogP contribution < -0.4 is 26.8 Å². The highest BCUT2D eigenvalue weighted by atomic mass is 127. The van der Waals surface area contributed by atoms with Gasteiger partial charge in [0.2, 0.25) is 5.96 Å². The standard InChI is InChI=1S/C25H23ClIN7O/c1-33-14-28-13-22(33)25(35,16-5-8-19(27)9-6-16)17-7-10-21-20(12-17)23(15-3-2-4-18(26)11-15)29-24-30-31-32-34(21)24/h2-13,23,28,31-32,35H,14H2,1H3,(H,29,30). The van der Waals surface area contributed by atoms with Gasteiger partial charge in [-0.2, -0.15) is 5.53 Å². The van der Waals surface area contributed by atoms with Gasteiger partial charge in [0.1, 0.15) is 6.04 Å². The van der Waals surface area contributed by atoms with Crippen molar-refractivity contribution in [2.45, 2.75) is 11.6 Å². The van der Waals surface area contributed by atoms with Crippen molar-refractivity contribution in [2.24, 2.45) is 4.99 Å². The Morgan fingerprint density at radius 1 is 1.09 bits per heavy atom. The molecule has 2 unspecified atom stereocenters. The van der Waals surface area contributed by atoms with Gasteiger partial charge in [0.25, 0.3) is 0 Å². The van der Waals surface area contributed by atoms with Crippen molar-refractivity contribution >= 4 is 45.8 Å². The van der Waals surface area contributed by atoms with Crippen molar-refractivity contribution in [3.05, 3.63) is 109 Å². The van der Waals surface area contributed by atoms with Gasteiger partial charge in [0, 0.05) is 27.4 Å². The Balaban J connectivity index is 1.55. The zero-order chi connectivity index (χ0) is 24.2. The number of anilines is 1. The minimum Gasteiger partial charge on any atom is -0.374 e. The number of benzene rings is 3. The molecule has 3 heterocycles. The van der Waals surface area contributed by atoms with Gasteiger partial charge in [-0.05, 0) is 75.7 Å². The molecule has 1 fully saturated rings. The molecule has 0 bridgehead atoms. The quantitative estimate of drug-likeness (QED) is 0.294. The Labute approximate surface area is 221 Å². The molecule has 0 amide bonds. The predicted molar refractivity (Wildman–Crippen MR) is 145 cm³/mol. The van der Waals surface area contributed by atoms with Crippen LogP contribution in [0.25, 0.3) is 0 Å². The van der Waals surface area contributed by atoms with Crippen molar-refractivity contribution in [3.63, 3.8) is 0 Å². The van der Waals surface area contributed by atoms with Gasteiger partial charge >= 0.3 is 0 Å². The number of aliphatic hydroxyl groups is 1. The number of hydrazine groups is 3. The van der Waals surface area contributed by atoms with E-state index in [-0.39, 0.29) is 6.04 Å². The first-order valence-electron chi connectivity index (χ1n) is 11.1. The second-order valence-corrected chi connectivity index (χ2v) is 10.4. The van der Waals surface area contributed by atoms with Crippen molar-refractivity contribution < 1.29 is 5.11 Å². The summed E-state index contributed by atoms with van der Waals surface area (Å²) in [5.41, 5.74) is 12.8. The molecule has 3 aliphatic heterocycles. The summed E-state index contributed by atoms with van der Waals surface area (Å²) in [6.45, 7) is 0.626. The molecule has 0 aromatic heterocycles. The molecule has 0 radical (unpaired) electrons. The number of nitrogens with zero attached hydrogens (tertiary/aromatic N) is 3. The molecular formula is C25H23ClIN7O. The minimum absolute atomic E-state index is 0.307. The summed E-state index contributed by atoms with van der Waals surface area (Å²) >= 11 is 8.62. The van der Waals surface area contributed by atoms with E-state index < -0.39 is 5.60 Å². The molecule has 8 nitrogen and oxygen atoms in total. The number of likely N-dealkylation sites (N-methyl/N-ethyl adjacent to an activating group) is 1. The number of aliphatic imine (C=N–C) groups is 1. The smallest absolute Gasteiger partial charge is 0.231 e. The van der Waals surface area contributed by atoms with E-state index in [1.165, 1.54) is 0 Å². The topological polar surface area (TPSA) is 87.2 Å². The third kappa shape index (κ3) is 3.74. The molecule has 0 spiro atoms. The number of hydrogen-bond acceptors (Lipinski definition) is 8. The van der Waals surface area contributed by atoms with E-state index in [1.807, 2.05) is 89.9 Å². The maximum atomic E-state index is 12.4. The molecule has 6 rings (SSSR count). The summed E-state index contributed by atoms with van der Waals surface area (Å²) in [5, 5.41) is 18.2. The number of nitrogens with one attached hydrogen (secondary N) is 4. The summed E-state index contributed by atoms with van der Waals surface area (Å²) < 4.78 is 1.11. The summed E-state index contributed by atoms with van der Waals surface area (Å²) in [5.74, 6) is 0.658. The fraction of sp³-hybridized carbons (Fsp3) is 0.160. The number of hydrogen-bond donors (Lipinski definition) is 5. The van der Waals surface area contributed by atoms with Crippen LogP contribution in [0.2, 0.25) is 5.02 Å². The SMILES string of the molecule is CN1CNC=C1C(O)(c1ccc(I)cc1)c1ccc2c(c1)C(c1cccc(Cl)c1)N=C1NNNN12. The molecule has 3 aromatic carbocycles. The second-order valence-electron chi connectivity index (χ2n) is 8.69. The van der Waals surface area contributed by atoms with Crippen LogP contribution in [0.3, 0.4) is 0 Å². The van der Waals surface area contributed by atoms with Crippen LogP contribution in [-0.4, -0.2) is 29.7 Å². The van der Waals surface area contributed by atoms with Crippen LogP contribution in [0.1, 0.15) is 28.3 Å². The summed E-state index contributed by atoms with van der Waals surface area (Å²) in [7, 11) is 1.97. The van der Waals surface area contributed by atoms with Gasteiger partial charge in [-0.15, -0.1) is 5.53 Å². The zero-order valence-corrected chi connectivity index (χ0v) is 21.7. The van der Waals surface area contributed by atoms with Gasteiger partial charge in [-0.3, -0.25) is 5.43 Å². The molecular weight excluding hydrogens is 577 g/mol. The van der Waals surface area contributed by atoms with E-state index in [2.05, 4.69) is 44.4 Å². The Morgan fingerprint density at radius 2 is 1.89 bits per heavy atom. The highest BCUT2D eigenvalue weighted by molar-refractivity contribution is 14.1. The Kier molecular flexibility index (Phi) is 5.61. The Morgan fingerprint density at radius 3 is 2.63 bits per heavy atom. The molecule has 5 N–H and O–H groups in total. The van der Waals surface area contributed by atoms with Crippen molar-refractivity contribution in [1.29, 1.82) is 0 Å². The van der Waals surface area contributed by atoms with Crippen LogP contribution in [0.15, 0.2) is 83.6 Å². The molecule has 1 saturated heterocycles. The Bertz CT molecular complexity index is 1360. The third-order valence-corrected chi connectivity index (χ3v) is 7.52. The molecule has 0 saturated carbocycles. The second kappa shape index (κ2) is 8.68. The van der Waals surface area contributed by atoms with Crippen molar-refractivity contribution in [2.75, 3.05) is 18.7 Å². The van der Waals surface area contributed by atoms with Crippen LogP contribution >= 0.6 is 34.2 Å². The molecule has 3 aromatic rings. The van der Waals surface area contributed by atoms with Crippen LogP contribution in [0, 0.1) is 3.57 Å². The average Bonchev–Trinajstić information content (AvgIpc) is 3.52. The van der Waals surface area contributed by atoms with Crippen molar-refractivity contribution in [1.82, 2.24) is 26.7 Å². The van der Waals surface area contributed by atoms with E-state index in [1.54, 1.807) is 0 Å². The number of guanidine groups is 1. The summed E-state index contributed by atoms with van der Waals surface area (Å²) in [6.07, 6.45) is 1.89. The van der Waals surface area contributed by atoms with Crippen molar-refractivity contribution in [3.8, 4) is 0 Å². The van der Waals surface area contributed by atoms with Crippen LogP contribution in [0.5, 0.6) is 0 Å². The third-order valence-electron chi connectivity index (χ3n) is 6.56. The molecule has 3 aliphatic rings. The molecule has 0 aliphatic carbocycles. The monoisotopic (exact) mass is 599 g/mol. The first kappa shape index (κ1) is 22.6. The van der Waals surface area contributed by atoms with Gasteiger partial charge < -0.3 is 15.3 Å². The van der Waals surface area contributed by atoms with Gasteiger partial charge in [-0.1, -0.05) is 41.9 Å². The predicted octanol–water partition coefficient (Wildman–Crippen LogP) is 3.31. The number of halogens is 2. The summed E-state index contributed by atoms with van der Waals surface area (Å²) in [6, 6.07) is 21.4. The van der Waals surface area contributed by atoms with E-state index in [0.29, 0.717) is 17.7 Å². The highest BCUT2D eigenvalue weighted by Crippen LogP contribution is 2.44. The lowest BCUT2D eigenvalue weighted by atomic mass is 9.81. The lowest BCUT2D eigenvalue weighted by molar-refractivity contribution is 0.0930. The highest BCUT2D eigenvalue weighted by Gasteiger charge is 2.41. The molecule has 2 atom stereocenters. The number of rotatable bonds is 4. The van der Waals surface area contributed by atoms with E-state index >= 15 is 0 Å². The fourth-order valence-electron chi connectivity index (χ4n) is 4.85. The van der Waals surface area contributed by atoms with E-state index in [9.17, 15) is 5.11 Å². The molecule has 178 valence electrons. The van der Waals surface area contributed by atoms with E-state index in [4.69, 9.17) is 16.6 Å². The summed E-state index contributed by atoms with van der Waals surface area (Å²) in [4.78, 5) is 6.97. The van der Waals surface area contributed by atoms with E-state index in [0.717, 1.165) is 37.2 Å². The largest absolute Gasteiger partial charge is 0.374 e. The minimum atomic E-state index is -1.37. The van der Waals surface area contributed by atoms with Gasteiger partial charge in [0.05, 0.1) is 18.1 Å². The van der Waals surface area contributed by atoms with Crippen LogP contribution in [0.4, 0.5) is 5.69 Å². The fourth-order valence-corrected chi connectivity index (χ4v) is 5.40. The number of fused-ring (bicyclic) bond motifs is 3. The normalized spacial score (nSPS) is 20.3. The lowest BCUT2D eigenvalue weighted by Crippen LogP contribution is -2.41. The first-order valence-corrected chi connectivity index (χ1v) is 12.6. The van der Waals surface area contributed by atoms with Gasteiger partial charge in [-0.25, -0.2) is 10.0 Å². The first-order chi connectivity index (χ1) is 16.9. The molecule has 35 heavy (non-hydrogen) atoms. The van der Waals surface area contributed by atoms with Gasteiger partial charge in [0.15, 0.2) is 5.60 Å². The average molecular weight is 600 g/mol. The maximum absolute atomic E-state index is 12.4. The lowest BCUT2D eigenvalue weighted by Gasteiger charge is -2.36. The zero-order valence-electron chi connectivity index (χ0n) is 18.8. The van der Waals surface area contributed by atoms with Crippen LogP contribution in [-0.2, 0) is 5.60 Å². The molecule has 10 heteroatoms. The Hall–Kier alpha value is -2.83.